The number of hydrogen-bond donors (Lipinski definition) is 2. The summed E-state index contributed by atoms with van der Waals surface area (Å²) in [6.45, 7) is 0.382. The Labute approximate surface area is 188 Å². The van der Waals surface area contributed by atoms with Gasteiger partial charge in [0.25, 0.3) is 11.8 Å². The molecule has 0 bridgehead atoms. The quantitative estimate of drug-likeness (QED) is 0.350. The van der Waals surface area contributed by atoms with Crippen molar-refractivity contribution in [3.8, 4) is 5.75 Å². The standard InChI is InChI=1S/C23H21IN2O4/c1-29-20-10-6-5-7-16(20)13-14-25-23(28)19(15-18-11-12-21(24)30-18)26-22(27)17-8-3-2-4-9-17/h2-12,15H,13-14H2,1H3,(H,25,28)(H,26,27). The maximum atomic E-state index is 12.8. The van der Waals surface area contributed by atoms with Crippen LogP contribution in [0.5, 0.6) is 5.75 Å². The molecule has 30 heavy (non-hydrogen) atoms. The van der Waals surface area contributed by atoms with Crippen molar-refractivity contribution in [2.45, 2.75) is 6.42 Å². The van der Waals surface area contributed by atoms with Crippen LogP contribution >= 0.6 is 22.6 Å². The van der Waals surface area contributed by atoms with E-state index in [0.717, 1.165) is 11.3 Å². The fraction of sp³-hybridized carbons (Fsp3) is 0.130. The summed E-state index contributed by atoms with van der Waals surface area (Å²) in [5.74, 6) is 0.469. The molecule has 1 heterocycles. The minimum absolute atomic E-state index is 0.106. The molecule has 0 aliphatic carbocycles. The van der Waals surface area contributed by atoms with E-state index in [9.17, 15) is 9.59 Å². The average molecular weight is 516 g/mol. The topological polar surface area (TPSA) is 80.6 Å². The van der Waals surface area contributed by atoms with E-state index in [1.54, 1.807) is 43.5 Å². The zero-order valence-electron chi connectivity index (χ0n) is 16.4. The number of ether oxygens (including phenoxy) is 1. The minimum atomic E-state index is -0.402. The second-order valence-corrected chi connectivity index (χ2v) is 7.40. The van der Waals surface area contributed by atoms with E-state index in [0.29, 0.717) is 28.1 Å². The highest BCUT2D eigenvalue weighted by molar-refractivity contribution is 14.1. The number of rotatable bonds is 8. The van der Waals surface area contributed by atoms with Crippen molar-refractivity contribution < 1.29 is 18.7 Å². The van der Waals surface area contributed by atoms with E-state index in [2.05, 4.69) is 10.6 Å². The van der Waals surface area contributed by atoms with Crippen LogP contribution in [-0.4, -0.2) is 25.5 Å². The Balaban J connectivity index is 1.71. The molecule has 3 aromatic rings. The summed E-state index contributed by atoms with van der Waals surface area (Å²) < 4.78 is 11.5. The van der Waals surface area contributed by atoms with Crippen LogP contribution in [-0.2, 0) is 11.2 Å². The zero-order valence-corrected chi connectivity index (χ0v) is 18.5. The van der Waals surface area contributed by atoms with E-state index in [4.69, 9.17) is 9.15 Å². The number of carbonyl (C=O) groups is 2. The maximum absolute atomic E-state index is 12.8. The lowest BCUT2D eigenvalue weighted by Gasteiger charge is -2.12. The number of carbonyl (C=O) groups excluding carboxylic acids is 2. The first-order valence-corrected chi connectivity index (χ1v) is 10.4. The number of methoxy groups -OCH3 is 1. The van der Waals surface area contributed by atoms with Gasteiger partial charge in [-0.15, -0.1) is 0 Å². The molecule has 0 aliphatic rings. The number of hydrogen-bond acceptors (Lipinski definition) is 4. The van der Waals surface area contributed by atoms with E-state index in [-0.39, 0.29) is 11.6 Å². The molecule has 2 aromatic carbocycles. The molecular formula is C23H21IN2O4. The van der Waals surface area contributed by atoms with Gasteiger partial charge < -0.3 is 19.8 Å². The van der Waals surface area contributed by atoms with Gasteiger partial charge in [-0.05, 0) is 64.9 Å². The van der Waals surface area contributed by atoms with Crippen LogP contribution in [0.15, 0.2) is 76.8 Å². The predicted molar refractivity (Wildman–Crippen MR) is 123 cm³/mol. The van der Waals surface area contributed by atoms with Gasteiger partial charge in [0.2, 0.25) is 0 Å². The number of furan rings is 1. The highest BCUT2D eigenvalue weighted by atomic mass is 127. The van der Waals surface area contributed by atoms with Crippen LogP contribution in [0.2, 0.25) is 0 Å². The molecule has 2 amide bonds. The molecule has 3 rings (SSSR count). The number of halogens is 1. The molecule has 0 atom stereocenters. The van der Waals surface area contributed by atoms with Crippen LogP contribution in [0.3, 0.4) is 0 Å². The Morgan fingerprint density at radius 3 is 2.47 bits per heavy atom. The van der Waals surface area contributed by atoms with Crippen molar-refractivity contribution >= 4 is 40.5 Å². The van der Waals surface area contributed by atoms with Gasteiger partial charge >= 0.3 is 0 Å². The van der Waals surface area contributed by atoms with Crippen molar-refractivity contribution in [3.63, 3.8) is 0 Å². The zero-order chi connectivity index (χ0) is 21.3. The fourth-order valence-electron chi connectivity index (χ4n) is 2.81. The van der Waals surface area contributed by atoms with Crippen LogP contribution in [0, 0.1) is 3.77 Å². The second kappa shape index (κ2) is 10.6. The summed E-state index contributed by atoms with van der Waals surface area (Å²) in [6.07, 6.45) is 2.11. The smallest absolute Gasteiger partial charge is 0.267 e. The average Bonchev–Trinajstić information content (AvgIpc) is 3.18. The molecule has 0 saturated carbocycles. The van der Waals surface area contributed by atoms with Crippen molar-refractivity contribution in [2.75, 3.05) is 13.7 Å². The van der Waals surface area contributed by atoms with Crippen LogP contribution in [0.1, 0.15) is 21.7 Å². The number of benzene rings is 2. The Kier molecular flexibility index (Phi) is 7.67. The summed E-state index contributed by atoms with van der Waals surface area (Å²) >= 11 is 2.04. The Morgan fingerprint density at radius 1 is 1.03 bits per heavy atom. The number of nitrogens with one attached hydrogen (secondary N) is 2. The van der Waals surface area contributed by atoms with E-state index >= 15 is 0 Å². The van der Waals surface area contributed by atoms with Gasteiger partial charge in [-0.2, -0.15) is 0 Å². The summed E-state index contributed by atoms with van der Waals surface area (Å²) in [5, 5.41) is 5.53. The summed E-state index contributed by atoms with van der Waals surface area (Å²) in [7, 11) is 1.61. The number of amides is 2. The summed E-state index contributed by atoms with van der Waals surface area (Å²) in [5.41, 5.74) is 1.55. The molecule has 0 spiro atoms. The predicted octanol–water partition coefficient (Wildman–Crippen LogP) is 4.02. The molecule has 0 unspecified atom stereocenters. The lowest BCUT2D eigenvalue weighted by atomic mass is 10.1. The van der Waals surface area contributed by atoms with Gasteiger partial charge in [0, 0.05) is 18.2 Å². The third kappa shape index (κ3) is 5.96. The first-order chi connectivity index (χ1) is 14.6. The van der Waals surface area contributed by atoms with Crippen LogP contribution in [0.4, 0.5) is 0 Å². The van der Waals surface area contributed by atoms with Gasteiger partial charge in [-0.25, -0.2) is 0 Å². The first-order valence-electron chi connectivity index (χ1n) is 9.30. The summed E-state index contributed by atoms with van der Waals surface area (Å²) in [4.78, 5) is 25.4. The molecule has 0 fully saturated rings. The first kappa shape index (κ1) is 21.6. The summed E-state index contributed by atoms with van der Waals surface area (Å²) in [6, 6.07) is 19.9. The molecule has 6 nitrogen and oxygen atoms in total. The molecule has 2 N–H and O–H groups in total. The van der Waals surface area contributed by atoms with Gasteiger partial charge in [0.05, 0.1) is 7.11 Å². The highest BCUT2D eigenvalue weighted by Crippen LogP contribution is 2.17. The van der Waals surface area contributed by atoms with Gasteiger partial charge in [0.15, 0.2) is 3.77 Å². The highest BCUT2D eigenvalue weighted by Gasteiger charge is 2.15. The monoisotopic (exact) mass is 516 g/mol. The molecule has 154 valence electrons. The molecule has 0 aliphatic heterocycles. The van der Waals surface area contributed by atoms with Crippen LogP contribution in [0.25, 0.3) is 6.08 Å². The van der Waals surface area contributed by atoms with Crippen molar-refractivity contribution in [1.82, 2.24) is 10.6 Å². The molecule has 1 aromatic heterocycles. The minimum Gasteiger partial charge on any atom is -0.496 e. The third-order valence-electron chi connectivity index (χ3n) is 4.28. The normalized spacial score (nSPS) is 11.1. The number of para-hydroxylation sites is 1. The van der Waals surface area contributed by atoms with E-state index in [1.807, 2.05) is 52.9 Å². The SMILES string of the molecule is COc1ccccc1CCNC(=O)C(=Cc1ccc(I)o1)NC(=O)c1ccccc1. The molecule has 0 saturated heterocycles. The van der Waals surface area contributed by atoms with Gasteiger partial charge in [0.1, 0.15) is 17.2 Å². The fourth-order valence-corrected chi connectivity index (χ4v) is 3.24. The second-order valence-electron chi connectivity index (χ2n) is 6.34. The molecule has 0 radical (unpaired) electrons. The van der Waals surface area contributed by atoms with E-state index < -0.39 is 5.91 Å². The van der Waals surface area contributed by atoms with Gasteiger partial charge in [-0.3, -0.25) is 9.59 Å². The van der Waals surface area contributed by atoms with Crippen molar-refractivity contribution in [2.24, 2.45) is 0 Å². The Morgan fingerprint density at radius 2 is 1.77 bits per heavy atom. The Bertz CT molecular complexity index is 1040. The lowest BCUT2D eigenvalue weighted by molar-refractivity contribution is -0.117. The van der Waals surface area contributed by atoms with Crippen molar-refractivity contribution in [1.29, 1.82) is 0 Å². The third-order valence-corrected chi connectivity index (χ3v) is 4.86. The lowest BCUT2D eigenvalue weighted by Crippen LogP contribution is -2.35. The van der Waals surface area contributed by atoms with E-state index in [1.165, 1.54) is 6.08 Å². The van der Waals surface area contributed by atoms with Gasteiger partial charge in [-0.1, -0.05) is 36.4 Å². The van der Waals surface area contributed by atoms with Crippen LogP contribution < -0.4 is 15.4 Å². The van der Waals surface area contributed by atoms with Crippen molar-refractivity contribution in [3.05, 3.63) is 93.1 Å². The molecular weight excluding hydrogens is 495 g/mol. The molecule has 7 heteroatoms. The largest absolute Gasteiger partial charge is 0.496 e. The Hall–Kier alpha value is -3.07. The maximum Gasteiger partial charge on any atom is 0.267 e.